The largest absolute Gasteiger partial charge is 0.493 e. The molecule has 1 fully saturated rings. The van der Waals surface area contributed by atoms with E-state index >= 15 is 0 Å². The number of hydrogen-bond acceptors (Lipinski definition) is 8. The number of benzene rings is 1. The minimum Gasteiger partial charge on any atom is -0.493 e. The number of methoxy groups -OCH3 is 2. The van der Waals surface area contributed by atoms with Crippen LogP contribution in [0.4, 0.5) is 0 Å². The number of fused-ring (bicyclic) bond motifs is 1. The first-order chi connectivity index (χ1) is 17.0. The number of hydrogen-bond donors (Lipinski definition) is 2. The Bertz CT molecular complexity index is 1060. The number of aromatic nitrogens is 1. The molecule has 1 aliphatic heterocycles. The molecular weight excluding hydrogens is 458 g/mol. The van der Waals surface area contributed by atoms with Gasteiger partial charge in [-0.05, 0) is 69.0 Å². The highest BCUT2D eigenvalue weighted by atomic mass is 32.1. The number of likely N-dealkylation sites (tertiary alicyclic amines) is 1. The number of thiazole rings is 1. The van der Waals surface area contributed by atoms with Crippen LogP contribution < -0.4 is 21.1 Å². The predicted octanol–water partition coefficient (Wildman–Crippen LogP) is 4.84. The molecule has 2 aliphatic rings. The van der Waals surface area contributed by atoms with Crippen molar-refractivity contribution in [1.82, 2.24) is 14.9 Å². The van der Waals surface area contributed by atoms with Gasteiger partial charge in [0.1, 0.15) is 11.0 Å². The summed E-state index contributed by atoms with van der Waals surface area (Å²) in [6.45, 7) is 5.50. The van der Waals surface area contributed by atoms with Gasteiger partial charge in [-0.3, -0.25) is 0 Å². The van der Waals surface area contributed by atoms with Crippen LogP contribution in [-0.4, -0.2) is 48.7 Å². The number of nitrogens with zero attached hydrogens (tertiary/aromatic N) is 3. The summed E-state index contributed by atoms with van der Waals surface area (Å²) in [5.74, 6) is 8.06. The second kappa shape index (κ2) is 11.9. The lowest BCUT2D eigenvalue weighted by atomic mass is 9.99. The Labute approximate surface area is 213 Å². The van der Waals surface area contributed by atoms with Gasteiger partial charge in [-0.25, -0.2) is 10.8 Å². The molecule has 0 bridgehead atoms. The molecule has 0 spiro atoms. The van der Waals surface area contributed by atoms with Gasteiger partial charge in [0.05, 0.1) is 24.8 Å². The molecule has 1 unspecified atom stereocenters. The molecule has 8 heteroatoms. The van der Waals surface area contributed by atoms with Crippen molar-refractivity contribution >= 4 is 17.4 Å². The standard InChI is InChI=1S/C27H39N5O2S/c1-4-19-8-10-22-25(16-19)35-27(30-22)26(20-9-11-23(33-2)24(17-20)34-3)32(29)18-21(28)12-15-31-13-6-5-7-14-31/h9,11,16-18,26H,4-8,10,12-15,28-29H2,1-3H3/b21-18-. The lowest BCUT2D eigenvalue weighted by Gasteiger charge is -2.28. The van der Waals surface area contributed by atoms with Crippen molar-refractivity contribution in [2.24, 2.45) is 11.6 Å². The normalized spacial score (nSPS) is 17.5. The highest BCUT2D eigenvalue weighted by Gasteiger charge is 2.26. The predicted molar refractivity (Wildman–Crippen MR) is 143 cm³/mol. The summed E-state index contributed by atoms with van der Waals surface area (Å²) in [6.07, 6.45) is 12.0. The van der Waals surface area contributed by atoms with Crippen LogP contribution in [0.2, 0.25) is 0 Å². The van der Waals surface area contributed by atoms with E-state index in [0.717, 1.165) is 67.3 Å². The van der Waals surface area contributed by atoms with Gasteiger partial charge in [-0.2, -0.15) is 0 Å². The molecule has 4 N–H and O–H groups in total. The third-order valence-corrected chi connectivity index (χ3v) is 8.05. The summed E-state index contributed by atoms with van der Waals surface area (Å²) >= 11 is 1.71. The fraction of sp³-hybridized carbons (Fsp3) is 0.519. The summed E-state index contributed by atoms with van der Waals surface area (Å²) in [5.41, 5.74) is 10.9. The molecule has 0 radical (unpaired) electrons. The molecule has 35 heavy (non-hydrogen) atoms. The van der Waals surface area contributed by atoms with Gasteiger partial charge in [0.2, 0.25) is 0 Å². The van der Waals surface area contributed by atoms with Crippen LogP contribution in [0.15, 0.2) is 35.7 Å². The number of allylic oxidation sites excluding steroid dienone is 1. The first kappa shape index (κ1) is 25.5. The Kier molecular flexibility index (Phi) is 8.70. The van der Waals surface area contributed by atoms with E-state index in [1.807, 2.05) is 24.4 Å². The van der Waals surface area contributed by atoms with Crippen molar-refractivity contribution in [3.8, 4) is 11.5 Å². The highest BCUT2D eigenvalue weighted by Crippen LogP contribution is 2.39. The fourth-order valence-electron chi connectivity index (χ4n) is 4.87. The SMILES string of the molecule is CCC1=Cc2sc(C(c3ccc(OC)c(OC)c3)N(N)/C=C(\N)CCN3CCCCC3)nc2CC1. The average Bonchev–Trinajstić information content (AvgIpc) is 3.30. The molecular formula is C27H39N5O2S. The van der Waals surface area contributed by atoms with Crippen LogP contribution >= 0.6 is 11.3 Å². The van der Waals surface area contributed by atoms with Crippen molar-refractivity contribution < 1.29 is 9.47 Å². The molecule has 190 valence electrons. The molecule has 1 atom stereocenters. The molecule has 0 amide bonds. The Morgan fingerprint density at radius 2 is 1.94 bits per heavy atom. The molecule has 1 aromatic heterocycles. The van der Waals surface area contributed by atoms with Gasteiger partial charge in [-0.1, -0.05) is 25.0 Å². The molecule has 1 aromatic carbocycles. The van der Waals surface area contributed by atoms with Crippen LogP contribution in [0.1, 0.15) is 72.6 Å². The number of rotatable bonds is 10. The number of piperidine rings is 1. The van der Waals surface area contributed by atoms with E-state index in [1.165, 1.54) is 29.7 Å². The third kappa shape index (κ3) is 6.18. The fourth-order valence-corrected chi connectivity index (χ4v) is 6.11. The minimum absolute atomic E-state index is 0.280. The second-order valence-electron chi connectivity index (χ2n) is 9.34. The molecule has 2 heterocycles. The van der Waals surface area contributed by atoms with Crippen LogP contribution in [0, 0.1) is 0 Å². The van der Waals surface area contributed by atoms with E-state index in [2.05, 4.69) is 17.9 Å². The van der Waals surface area contributed by atoms with E-state index in [1.54, 1.807) is 30.6 Å². The lowest BCUT2D eigenvalue weighted by Crippen LogP contribution is -2.33. The van der Waals surface area contributed by atoms with Crippen molar-refractivity contribution in [1.29, 1.82) is 0 Å². The Balaban J connectivity index is 1.63. The van der Waals surface area contributed by atoms with Crippen molar-refractivity contribution in [2.45, 2.75) is 57.9 Å². The Hall–Kier alpha value is -2.55. The summed E-state index contributed by atoms with van der Waals surface area (Å²) in [5, 5.41) is 2.67. The first-order valence-electron chi connectivity index (χ1n) is 12.6. The van der Waals surface area contributed by atoms with Crippen molar-refractivity contribution in [3.05, 3.63) is 56.8 Å². The summed E-state index contributed by atoms with van der Waals surface area (Å²) in [4.78, 5) is 8.77. The maximum Gasteiger partial charge on any atom is 0.161 e. The monoisotopic (exact) mass is 497 g/mol. The van der Waals surface area contributed by atoms with Crippen LogP contribution in [-0.2, 0) is 6.42 Å². The Morgan fingerprint density at radius 1 is 1.17 bits per heavy atom. The molecule has 4 rings (SSSR count). The summed E-state index contributed by atoms with van der Waals surface area (Å²) < 4.78 is 11.0. The second-order valence-corrected chi connectivity index (χ2v) is 10.4. The van der Waals surface area contributed by atoms with Crippen molar-refractivity contribution in [2.75, 3.05) is 33.9 Å². The third-order valence-electron chi connectivity index (χ3n) is 6.95. The molecule has 7 nitrogen and oxygen atoms in total. The van der Waals surface area contributed by atoms with Gasteiger partial charge in [0, 0.05) is 24.9 Å². The zero-order valence-electron chi connectivity index (χ0n) is 21.3. The lowest BCUT2D eigenvalue weighted by molar-refractivity contribution is 0.230. The molecule has 2 aromatic rings. The number of nitrogens with two attached hydrogens (primary N) is 2. The number of aryl methyl sites for hydroxylation is 1. The Morgan fingerprint density at radius 3 is 2.66 bits per heavy atom. The average molecular weight is 498 g/mol. The molecule has 1 saturated heterocycles. The first-order valence-corrected chi connectivity index (χ1v) is 13.5. The van der Waals surface area contributed by atoms with Gasteiger partial charge in [-0.15, -0.1) is 11.3 Å². The molecule has 1 aliphatic carbocycles. The van der Waals surface area contributed by atoms with E-state index < -0.39 is 0 Å². The van der Waals surface area contributed by atoms with Crippen LogP contribution in [0.25, 0.3) is 6.08 Å². The van der Waals surface area contributed by atoms with Gasteiger partial charge >= 0.3 is 0 Å². The minimum atomic E-state index is -0.280. The topological polar surface area (TPSA) is 89.9 Å². The van der Waals surface area contributed by atoms with Crippen molar-refractivity contribution in [3.63, 3.8) is 0 Å². The quantitative estimate of drug-likeness (QED) is 0.358. The maximum atomic E-state index is 6.71. The highest BCUT2D eigenvalue weighted by molar-refractivity contribution is 7.12. The molecule has 0 saturated carbocycles. The van der Waals surface area contributed by atoms with E-state index in [0.29, 0.717) is 11.5 Å². The number of hydrazine groups is 1. The smallest absolute Gasteiger partial charge is 0.161 e. The van der Waals surface area contributed by atoms with E-state index in [4.69, 9.17) is 26.0 Å². The summed E-state index contributed by atoms with van der Waals surface area (Å²) in [7, 11) is 3.29. The number of ether oxygens (including phenoxy) is 2. The zero-order valence-corrected chi connectivity index (χ0v) is 22.1. The summed E-state index contributed by atoms with van der Waals surface area (Å²) in [6, 6.07) is 5.64. The van der Waals surface area contributed by atoms with Crippen LogP contribution in [0.3, 0.4) is 0 Å². The zero-order chi connectivity index (χ0) is 24.8. The van der Waals surface area contributed by atoms with Gasteiger partial charge < -0.3 is 25.1 Å². The van der Waals surface area contributed by atoms with E-state index in [9.17, 15) is 0 Å². The van der Waals surface area contributed by atoms with Crippen LogP contribution in [0.5, 0.6) is 11.5 Å². The van der Waals surface area contributed by atoms with E-state index in [-0.39, 0.29) is 6.04 Å². The van der Waals surface area contributed by atoms with Gasteiger partial charge in [0.25, 0.3) is 0 Å². The maximum absolute atomic E-state index is 6.71. The van der Waals surface area contributed by atoms with Gasteiger partial charge in [0.15, 0.2) is 11.5 Å².